The standard InChI is InChI=1S/C15H14BrClN2O/c1-8-4-9(2)13(10(3)5-8)15(20)19-12-6-11(16)7-18-14(12)17/h4-7H,1-3H3,(H,19,20). The van der Waals surface area contributed by atoms with Gasteiger partial charge in [0.05, 0.1) is 5.69 Å². The van der Waals surface area contributed by atoms with Crippen molar-refractivity contribution in [3.8, 4) is 0 Å². The lowest BCUT2D eigenvalue weighted by molar-refractivity contribution is 0.102. The lowest BCUT2D eigenvalue weighted by Crippen LogP contribution is -2.15. The van der Waals surface area contributed by atoms with E-state index in [1.54, 1.807) is 12.3 Å². The molecule has 1 amide bonds. The van der Waals surface area contributed by atoms with Gasteiger partial charge in [-0.3, -0.25) is 4.79 Å². The topological polar surface area (TPSA) is 42.0 Å². The monoisotopic (exact) mass is 352 g/mol. The van der Waals surface area contributed by atoms with Gasteiger partial charge in [0.1, 0.15) is 0 Å². The number of nitrogens with one attached hydrogen (secondary N) is 1. The van der Waals surface area contributed by atoms with E-state index in [4.69, 9.17) is 11.6 Å². The van der Waals surface area contributed by atoms with Crippen molar-refractivity contribution in [1.82, 2.24) is 4.98 Å². The molecule has 3 nitrogen and oxygen atoms in total. The van der Waals surface area contributed by atoms with Crippen molar-refractivity contribution >= 4 is 39.1 Å². The molecule has 2 rings (SSSR count). The van der Waals surface area contributed by atoms with Gasteiger partial charge in [-0.2, -0.15) is 0 Å². The molecular formula is C15H14BrClN2O. The molecular weight excluding hydrogens is 340 g/mol. The first-order valence-corrected chi connectivity index (χ1v) is 7.26. The summed E-state index contributed by atoms with van der Waals surface area (Å²) < 4.78 is 0.759. The van der Waals surface area contributed by atoms with E-state index in [9.17, 15) is 4.79 Å². The molecule has 1 heterocycles. The maximum Gasteiger partial charge on any atom is 0.256 e. The highest BCUT2D eigenvalue weighted by molar-refractivity contribution is 9.10. The van der Waals surface area contributed by atoms with E-state index in [-0.39, 0.29) is 11.1 Å². The molecule has 1 aromatic heterocycles. The van der Waals surface area contributed by atoms with Gasteiger partial charge >= 0.3 is 0 Å². The number of pyridine rings is 1. The maximum atomic E-state index is 12.4. The molecule has 5 heteroatoms. The Morgan fingerprint density at radius 3 is 2.40 bits per heavy atom. The van der Waals surface area contributed by atoms with Crippen LogP contribution >= 0.6 is 27.5 Å². The summed E-state index contributed by atoms with van der Waals surface area (Å²) in [5, 5.41) is 3.07. The molecule has 0 saturated heterocycles. The lowest BCUT2D eigenvalue weighted by atomic mass is 9.99. The predicted molar refractivity (Wildman–Crippen MR) is 85.6 cm³/mol. The van der Waals surface area contributed by atoms with Crippen LogP contribution in [0, 0.1) is 20.8 Å². The van der Waals surface area contributed by atoms with Crippen molar-refractivity contribution in [2.75, 3.05) is 5.32 Å². The van der Waals surface area contributed by atoms with Crippen LogP contribution in [0.3, 0.4) is 0 Å². The first-order chi connectivity index (χ1) is 9.38. The fourth-order valence-corrected chi connectivity index (χ4v) is 2.72. The van der Waals surface area contributed by atoms with Crippen molar-refractivity contribution in [3.63, 3.8) is 0 Å². The Balaban J connectivity index is 2.36. The third kappa shape index (κ3) is 3.19. The van der Waals surface area contributed by atoms with E-state index in [1.807, 2.05) is 32.9 Å². The summed E-state index contributed by atoms with van der Waals surface area (Å²) in [6.07, 6.45) is 1.58. The van der Waals surface area contributed by atoms with Crippen LogP contribution in [0.15, 0.2) is 28.9 Å². The van der Waals surface area contributed by atoms with Gasteiger partial charge in [0, 0.05) is 16.2 Å². The third-order valence-electron chi connectivity index (χ3n) is 2.96. The second kappa shape index (κ2) is 5.94. The number of anilines is 1. The van der Waals surface area contributed by atoms with E-state index in [2.05, 4.69) is 26.2 Å². The van der Waals surface area contributed by atoms with Crippen LogP contribution in [0.2, 0.25) is 5.15 Å². The van der Waals surface area contributed by atoms with E-state index in [0.29, 0.717) is 11.3 Å². The summed E-state index contributed by atoms with van der Waals surface area (Å²) in [6.45, 7) is 5.86. The van der Waals surface area contributed by atoms with Gasteiger partial charge < -0.3 is 5.32 Å². The average molecular weight is 354 g/mol. The number of halogens is 2. The smallest absolute Gasteiger partial charge is 0.256 e. The maximum absolute atomic E-state index is 12.4. The fourth-order valence-electron chi connectivity index (χ4n) is 2.23. The van der Waals surface area contributed by atoms with E-state index in [1.165, 1.54) is 0 Å². The Labute approximate surface area is 131 Å². The molecule has 1 aromatic carbocycles. The van der Waals surface area contributed by atoms with Gasteiger partial charge in [-0.05, 0) is 53.9 Å². The second-order valence-corrected chi connectivity index (χ2v) is 5.99. The highest BCUT2D eigenvalue weighted by Crippen LogP contribution is 2.25. The number of aryl methyl sites for hydroxylation is 3. The van der Waals surface area contributed by atoms with Crippen LogP contribution in [0.4, 0.5) is 5.69 Å². The highest BCUT2D eigenvalue weighted by Gasteiger charge is 2.14. The summed E-state index contributed by atoms with van der Waals surface area (Å²) in [4.78, 5) is 16.4. The number of amides is 1. The van der Waals surface area contributed by atoms with Crippen LogP contribution in [0.5, 0.6) is 0 Å². The van der Waals surface area contributed by atoms with Gasteiger partial charge in [0.2, 0.25) is 0 Å². The zero-order valence-corrected chi connectivity index (χ0v) is 13.8. The van der Waals surface area contributed by atoms with Crippen LogP contribution < -0.4 is 5.32 Å². The van der Waals surface area contributed by atoms with Gasteiger partial charge in [0.25, 0.3) is 5.91 Å². The first kappa shape index (κ1) is 15.0. The zero-order valence-electron chi connectivity index (χ0n) is 11.4. The minimum absolute atomic E-state index is 0.179. The molecule has 1 N–H and O–H groups in total. The molecule has 0 radical (unpaired) electrons. The fraction of sp³-hybridized carbons (Fsp3) is 0.200. The van der Waals surface area contributed by atoms with E-state index in [0.717, 1.165) is 21.2 Å². The summed E-state index contributed by atoms with van der Waals surface area (Å²) in [7, 11) is 0. The lowest BCUT2D eigenvalue weighted by Gasteiger charge is -2.12. The normalized spacial score (nSPS) is 10.4. The Bertz CT molecular complexity index is 663. The molecule has 0 aliphatic heterocycles. The highest BCUT2D eigenvalue weighted by atomic mass is 79.9. The van der Waals surface area contributed by atoms with E-state index < -0.39 is 0 Å². The van der Waals surface area contributed by atoms with Gasteiger partial charge in [-0.15, -0.1) is 0 Å². The second-order valence-electron chi connectivity index (χ2n) is 4.72. The van der Waals surface area contributed by atoms with Crippen molar-refractivity contribution < 1.29 is 4.79 Å². The number of rotatable bonds is 2. The molecule has 104 valence electrons. The summed E-state index contributed by atoms with van der Waals surface area (Å²) in [5.41, 5.74) is 4.19. The summed E-state index contributed by atoms with van der Waals surface area (Å²) >= 11 is 9.29. The predicted octanol–water partition coefficient (Wildman–Crippen LogP) is 4.68. The minimum Gasteiger partial charge on any atom is -0.319 e. The number of aromatic nitrogens is 1. The molecule has 0 fully saturated rings. The Hall–Kier alpha value is -1.39. The quantitative estimate of drug-likeness (QED) is 0.797. The van der Waals surface area contributed by atoms with Crippen LogP contribution in [-0.4, -0.2) is 10.9 Å². The van der Waals surface area contributed by atoms with Crippen molar-refractivity contribution in [3.05, 3.63) is 56.3 Å². The van der Waals surface area contributed by atoms with Gasteiger partial charge in [0.15, 0.2) is 5.15 Å². The van der Waals surface area contributed by atoms with Crippen LogP contribution in [0.25, 0.3) is 0 Å². The number of nitrogens with zero attached hydrogens (tertiary/aromatic N) is 1. The first-order valence-electron chi connectivity index (χ1n) is 6.08. The number of hydrogen-bond acceptors (Lipinski definition) is 2. The van der Waals surface area contributed by atoms with Gasteiger partial charge in [-0.1, -0.05) is 29.3 Å². The van der Waals surface area contributed by atoms with Gasteiger partial charge in [-0.25, -0.2) is 4.98 Å². The minimum atomic E-state index is -0.179. The Kier molecular flexibility index (Phi) is 4.45. The molecule has 0 spiro atoms. The molecule has 0 saturated carbocycles. The molecule has 0 bridgehead atoms. The van der Waals surface area contributed by atoms with Crippen LogP contribution in [-0.2, 0) is 0 Å². The molecule has 20 heavy (non-hydrogen) atoms. The van der Waals surface area contributed by atoms with Crippen molar-refractivity contribution in [2.24, 2.45) is 0 Å². The molecule has 0 aliphatic carbocycles. The number of carbonyl (C=O) groups is 1. The Morgan fingerprint density at radius 1 is 1.20 bits per heavy atom. The molecule has 2 aromatic rings. The van der Waals surface area contributed by atoms with Crippen LogP contribution in [0.1, 0.15) is 27.0 Å². The molecule has 0 atom stereocenters. The SMILES string of the molecule is Cc1cc(C)c(C(=O)Nc2cc(Br)cnc2Cl)c(C)c1. The largest absolute Gasteiger partial charge is 0.319 e. The number of carbonyl (C=O) groups excluding carboxylic acids is 1. The van der Waals surface area contributed by atoms with E-state index >= 15 is 0 Å². The molecule has 0 unspecified atom stereocenters. The zero-order chi connectivity index (χ0) is 14.9. The van der Waals surface area contributed by atoms with Crippen molar-refractivity contribution in [2.45, 2.75) is 20.8 Å². The molecule has 0 aliphatic rings. The van der Waals surface area contributed by atoms with Crippen molar-refractivity contribution in [1.29, 1.82) is 0 Å². The average Bonchev–Trinajstić information content (AvgIpc) is 2.32. The summed E-state index contributed by atoms with van der Waals surface area (Å²) in [5.74, 6) is -0.179. The Morgan fingerprint density at radius 2 is 1.80 bits per heavy atom. The third-order valence-corrected chi connectivity index (χ3v) is 3.69. The summed E-state index contributed by atoms with van der Waals surface area (Å²) in [6, 6.07) is 5.71. The number of hydrogen-bond donors (Lipinski definition) is 1. The number of benzene rings is 1.